The quantitative estimate of drug-likeness (QED) is 0.380. The van der Waals surface area contributed by atoms with Gasteiger partial charge in [-0.1, -0.05) is 30.3 Å². The zero-order chi connectivity index (χ0) is 25.5. The number of ether oxygens (including phenoxy) is 2. The van der Waals surface area contributed by atoms with Crippen LogP contribution in [0.3, 0.4) is 0 Å². The molecule has 3 aromatic rings. The summed E-state index contributed by atoms with van der Waals surface area (Å²) in [7, 11) is 1.56. The first-order valence-electron chi connectivity index (χ1n) is 11.1. The van der Waals surface area contributed by atoms with Gasteiger partial charge in [0.25, 0.3) is 0 Å². The minimum Gasteiger partial charge on any atom is -0.494 e. The van der Waals surface area contributed by atoms with E-state index in [1.165, 1.54) is 12.3 Å². The van der Waals surface area contributed by atoms with Crippen molar-refractivity contribution in [3.63, 3.8) is 0 Å². The van der Waals surface area contributed by atoms with Crippen molar-refractivity contribution in [1.29, 1.82) is 5.26 Å². The molecule has 0 radical (unpaired) electrons. The van der Waals surface area contributed by atoms with Gasteiger partial charge in [0.2, 0.25) is 11.9 Å². The van der Waals surface area contributed by atoms with Gasteiger partial charge >= 0.3 is 0 Å². The molecule has 1 aromatic heterocycles. The van der Waals surface area contributed by atoms with Crippen molar-refractivity contribution in [2.45, 2.75) is 0 Å². The highest BCUT2D eigenvalue weighted by Gasteiger charge is 2.20. The average molecular weight is 506 g/mol. The smallest absolute Gasteiger partial charge is 0.247 e. The monoisotopic (exact) mass is 505 g/mol. The molecule has 4 rings (SSSR count). The van der Waals surface area contributed by atoms with E-state index in [0.717, 1.165) is 5.69 Å². The van der Waals surface area contributed by atoms with Crippen LogP contribution >= 0.6 is 11.6 Å². The maximum Gasteiger partial charge on any atom is 0.247 e. The number of morpholine rings is 1. The number of para-hydroxylation sites is 1. The van der Waals surface area contributed by atoms with E-state index in [1.807, 2.05) is 6.07 Å². The Labute approximate surface area is 213 Å². The van der Waals surface area contributed by atoms with Gasteiger partial charge in [-0.3, -0.25) is 4.79 Å². The van der Waals surface area contributed by atoms with E-state index in [1.54, 1.807) is 37.4 Å². The molecule has 0 spiro atoms. The maximum absolute atomic E-state index is 12.2. The first-order valence-corrected chi connectivity index (χ1v) is 11.4. The summed E-state index contributed by atoms with van der Waals surface area (Å²) in [5.74, 6) is 0.734. The summed E-state index contributed by atoms with van der Waals surface area (Å²) in [6.45, 7) is 6.06. The molecule has 1 fully saturated rings. The summed E-state index contributed by atoms with van der Waals surface area (Å²) < 4.78 is 11.1. The van der Waals surface area contributed by atoms with Crippen LogP contribution in [-0.2, 0) is 9.53 Å². The number of nitrogens with one attached hydrogen (secondary N) is 3. The van der Waals surface area contributed by atoms with Crippen molar-refractivity contribution in [2.75, 3.05) is 54.3 Å². The van der Waals surface area contributed by atoms with Gasteiger partial charge in [0.05, 0.1) is 54.8 Å². The van der Waals surface area contributed by atoms with Crippen LogP contribution in [0.5, 0.6) is 5.75 Å². The summed E-state index contributed by atoms with van der Waals surface area (Å²) in [6, 6.07) is 12.7. The number of rotatable bonds is 8. The minimum absolute atomic E-state index is 0.231. The number of methoxy groups -OCH3 is 1. The van der Waals surface area contributed by atoms with Crippen LogP contribution in [0.4, 0.5) is 34.5 Å². The number of anilines is 6. The van der Waals surface area contributed by atoms with Gasteiger partial charge in [-0.2, -0.15) is 10.2 Å². The largest absolute Gasteiger partial charge is 0.494 e. The third-order valence-electron chi connectivity index (χ3n) is 5.40. The van der Waals surface area contributed by atoms with Crippen LogP contribution in [0.25, 0.3) is 0 Å². The van der Waals surface area contributed by atoms with Crippen molar-refractivity contribution in [1.82, 2.24) is 9.97 Å². The van der Waals surface area contributed by atoms with Gasteiger partial charge in [-0.25, -0.2) is 4.98 Å². The molecule has 10 nitrogen and oxygen atoms in total. The fourth-order valence-electron chi connectivity index (χ4n) is 3.64. The molecule has 1 aliphatic heterocycles. The van der Waals surface area contributed by atoms with Crippen molar-refractivity contribution < 1.29 is 14.3 Å². The fourth-order valence-corrected chi connectivity index (χ4v) is 3.78. The SMILES string of the molecule is C=CC(=O)Nc1cc(Nc2ncc(Cl)c(Nc3ccccc3C#N)n2)c(OC)cc1N1CCOCC1. The third kappa shape index (κ3) is 5.66. The fraction of sp³-hybridized carbons (Fsp3) is 0.200. The van der Waals surface area contributed by atoms with Crippen molar-refractivity contribution in [3.8, 4) is 11.8 Å². The number of carbonyl (C=O) groups is 1. The van der Waals surface area contributed by atoms with E-state index in [0.29, 0.717) is 60.5 Å². The Bertz CT molecular complexity index is 1320. The number of hydrogen-bond acceptors (Lipinski definition) is 9. The molecule has 0 unspecified atom stereocenters. The lowest BCUT2D eigenvalue weighted by Crippen LogP contribution is -2.36. The molecule has 1 saturated heterocycles. The molecule has 0 saturated carbocycles. The standard InChI is InChI=1S/C25H24ClN7O3/c1-3-23(34)29-19-12-20(22(35-2)13-21(19)33-8-10-36-11-9-33)31-25-28-15-17(26)24(32-25)30-18-7-5-4-6-16(18)14-27/h3-7,12-13,15H,1,8-11H2,2H3,(H,29,34)(H2,28,30,31,32). The van der Waals surface area contributed by atoms with Gasteiger partial charge in [0.1, 0.15) is 16.8 Å². The normalized spacial score (nSPS) is 12.9. The van der Waals surface area contributed by atoms with Gasteiger partial charge in [-0.15, -0.1) is 0 Å². The van der Waals surface area contributed by atoms with Crippen LogP contribution in [-0.4, -0.2) is 49.3 Å². The Hall–Kier alpha value is -4.33. The number of hydrogen-bond donors (Lipinski definition) is 3. The Kier molecular flexibility index (Phi) is 7.85. The van der Waals surface area contributed by atoms with E-state index in [4.69, 9.17) is 21.1 Å². The highest BCUT2D eigenvalue weighted by atomic mass is 35.5. The molecule has 36 heavy (non-hydrogen) atoms. The summed E-state index contributed by atoms with van der Waals surface area (Å²) in [6.07, 6.45) is 2.66. The molecule has 0 atom stereocenters. The summed E-state index contributed by atoms with van der Waals surface area (Å²) >= 11 is 6.31. The molecule has 2 aromatic carbocycles. The molecule has 1 aliphatic rings. The first kappa shape index (κ1) is 24.8. The molecular weight excluding hydrogens is 482 g/mol. The lowest BCUT2D eigenvalue weighted by atomic mass is 10.1. The maximum atomic E-state index is 12.2. The van der Waals surface area contributed by atoms with Crippen LogP contribution in [0, 0.1) is 11.3 Å². The number of nitrogens with zero attached hydrogens (tertiary/aromatic N) is 4. The summed E-state index contributed by atoms with van der Waals surface area (Å²) in [5, 5.41) is 18.7. The topological polar surface area (TPSA) is 124 Å². The van der Waals surface area contributed by atoms with Gasteiger partial charge in [0, 0.05) is 19.2 Å². The Morgan fingerprint density at radius 3 is 2.72 bits per heavy atom. The molecule has 2 heterocycles. The third-order valence-corrected chi connectivity index (χ3v) is 5.68. The molecule has 0 bridgehead atoms. The van der Waals surface area contributed by atoms with Crippen molar-refractivity contribution in [2.24, 2.45) is 0 Å². The van der Waals surface area contributed by atoms with Crippen LogP contribution in [0.15, 0.2) is 55.3 Å². The second kappa shape index (κ2) is 11.4. The highest BCUT2D eigenvalue weighted by molar-refractivity contribution is 6.33. The average Bonchev–Trinajstić information content (AvgIpc) is 2.91. The van der Waals surface area contributed by atoms with Crippen molar-refractivity contribution in [3.05, 3.63) is 65.8 Å². The number of nitriles is 1. The van der Waals surface area contributed by atoms with E-state index in [9.17, 15) is 10.1 Å². The first-order chi connectivity index (χ1) is 17.5. The van der Waals surface area contributed by atoms with E-state index < -0.39 is 0 Å². The molecular formula is C25H24ClN7O3. The summed E-state index contributed by atoms with van der Waals surface area (Å²) in [4.78, 5) is 23.0. The molecule has 3 N–H and O–H groups in total. The van der Waals surface area contributed by atoms with Crippen LogP contribution in [0.1, 0.15) is 5.56 Å². The van der Waals surface area contributed by atoms with Gasteiger partial charge in [-0.05, 0) is 24.3 Å². The number of benzene rings is 2. The number of amides is 1. The van der Waals surface area contributed by atoms with E-state index in [2.05, 4.69) is 43.5 Å². The van der Waals surface area contributed by atoms with E-state index >= 15 is 0 Å². The molecule has 1 amide bonds. The summed E-state index contributed by atoms with van der Waals surface area (Å²) in [5.41, 5.74) is 2.90. The lowest BCUT2D eigenvalue weighted by molar-refractivity contribution is -0.111. The lowest BCUT2D eigenvalue weighted by Gasteiger charge is -2.31. The Morgan fingerprint density at radius 1 is 1.22 bits per heavy atom. The number of aromatic nitrogens is 2. The zero-order valence-corrected chi connectivity index (χ0v) is 20.3. The van der Waals surface area contributed by atoms with Crippen LogP contribution < -0.4 is 25.6 Å². The molecule has 184 valence electrons. The Morgan fingerprint density at radius 2 is 2.00 bits per heavy atom. The van der Waals surface area contributed by atoms with Crippen LogP contribution in [0.2, 0.25) is 5.02 Å². The molecule has 11 heteroatoms. The van der Waals surface area contributed by atoms with Gasteiger partial charge < -0.3 is 30.3 Å². The second-order valence-electron chi connectivity index (χ2n) is 7.66. The predicted octanol–water partition coefficient (Wildman–Crippen LogP) is 4.46. The minimum atomic E-state index is -0.342. The van der Waals surface area contributed by atoms with Gasteiger partial charge in [0.15, 0.2) is 5.82 Å². The predicted molar refractivity (Wildman–Crippen MR) is 140 cm³/mol. The highest BCUT2D eigenvalue weighted by Crippen LogP contribution is 2.39. The zero-order valence-electron chi connectivity index (χ0n) is 19.5. The molecule has 0 aliphatic carbocycles. The number of halogens is 1. The second-order valence-corrected chi connectivity index (χ2v) is 8.07. The number of carbonyl (C=O) groups excluding carboxylic acids is 1. The van der Waals surface area contributed by atoms with E-state index in [-0.39, 0.29) is 16.9 Å². The van der Waals surface area contributed by atoms with Crippen molar-refractivity contribution >= 4 is 52.0 Å². The Balaban J connectivity index is 1.68.